The van der Waals surface area contributed by atoms with Crippen LogP contribution in [0.15, 0.2) is 0 Å². The average molecular weight is 200 g/mol. The van der Waals surface area contributed by atoms with Crippen molar-refractivity contribution in [3.05, 3.63) is 0 Å². The molecule has 1 N–H and O–H groups in total. The van der Waals surface area contributed by atoms with Gasteiger partial charge in [-0.15, -0.1) is 0 Å². The van der Waals surface area contributed by atoms with Gasteiger partial charge in [-0.25, -0.2) is 0 Å². The van der Waals surface area contributed by atoms with E-state index in [4.69, 9.17) is 9.84 Å². The Morgan fingerprint density at radius 1 is 1.29 bits per heavy atom. The molecule has 0 aromatic rings. The van der Waals surface area contributed by atoms with Crippen molar-refractivity contribution in [1.82, 2.24) is 0 Å². The lowest BCUT2D eigenvalue weighted by Crippen LogP contribution is -2.20. The molecule has 2 unspecified atom stereocenters. The minimum absolute atomic E-state index is 0.119. The molecule has 1 saturated carbocycles. The predicted molar refractivity (Wildman–Crippen MR) is 49.7 cm³/mol. The molecule has 1 aliphatic rings. The number of carboxylic acids is 1. The smallest absolute Gasteiger partial charge is 0.309 e. The highest BCUT2D eigenvalue weighted by Crippen LogP contribution is 2.31. The first-order chi connectivity index (χ1) is 6.50. The van der Waals surface area contributed by atoms with E-state index in [9.17, 15) is 9.59 Å². The lowest BCUT2D eigenvalue weighted by Gasteiger charge is -2.12. The van der Waals surface area contributed by atoms with Gasteiger partial charge >= 0.3 is 11.9 Å². The number of carbonyl (C=O) groups is 2. The molecular weight excluding hydrogens is 184 g/mol. The average Bonchev–Trinajstić information content (AvgIpc) is 2.50. The Bertz CT molecular complexity index is 234. The molecule has 0 aromatic carbocycles. The van der Waals surface area contributed by atoms with E-state index in [1.165, 1.54) is 0 Å². The van der Waals surface area contributed by atoms with Crippen LogP contribution in [0.5, 0.6) is 0 Å². The van der Waals surface area contributed by atoms with Gasteiger partial charge in [0, 0.05) is 0 Å². The molecule has 0 aromatic heterocycles. The Hall–Kier alpha value is -1.06. The molecule has 4 nitrogen and oxygen atoms in total. The van der Waals surface area contributed by atoms with Gasteiger partial charge < -0.3 is 9.84 Å². The van der Waals surface area contributed by atoms with Gasteiger partial charge in [-0.2, -0.15) is 0 Å². The maximum Gasteiger partial charge on any atom is 0.309 e. The third kappa shape index (κ3) is 2.72. The highest BCUT2D eigenvalue weighted by atomic mass is 16.5. The number of carboxylic acid groups (broad SMARTS) is 1. The zero-order valence-corrected chi connectivity index (χ0v) is 8.53. The first kappa shape index (κ1) is 11.0. The predicted octanol–water partition coefficient (Wildman–Crippen LogP) is 1.44. The second-order valence-corrected chi connectivity index (χ2v) is 4.03. The summed E-state index contributed by atoms with van der Waals surface area (Å²) in [5.74, 6) is -1.62. The Kier molecular flexibility index (Phi) is 3.49. The van der Waals surface area contributed by atoms with Crippen molar-refractivity contribution in [2.24, 2.45) is 11.8 Å². The van der Waals surface area contributed by atoms with Crippen LogP contribution in [0.25, 0.3) is 0 Å². The van der Waals surface area contributed by atoms with Crippen molar-refractivity contribution >= 4 is 11.9 Å². The molecule has 0 radical (unpaired) electrons. The SMILES string of the molecule is CC(C)OC(=O)C1CCC(C(=O)O)C1. The van der Waals surface area contributed by atoms with E-state index >= 15 is 0 Å². The summed E-state index contributed by atoms with van der Waals surface area (Å²) in [5, 5.41) is 8.74. The summed E-state index contributed by atoms with van der Waals surface area (Å²) in [6.45, 7) is 3.59. The number of rotatable bonds is 3. The second-order valence-electron chi connectivity index (χ2n) is 4.03. The quantitative estimate of drug-likeness (QED) is 0.700. The summed E-state index contributed by atoms with van der Waals surface area (Å²) < 4.78 is 5.03. The number of carbonyl (C=O) groups excluding carboxylic acids is 1. The van der Waals surface area contributed by atoms with Gasteiger partial charge in [0.05, 0.1) is 17.9 Å². The van der Waals surface area contributed by atoms with Crippen LogP contribution in [-0.2, 0) is 14.3 Å². The van der Waals surface area contributed by atoms with E-state index < -0.39 is 5.97 Å². The molecule has 0 spiro atoms. The fourth-order valence-electron chi connectivity index (χ4n) is 1.75. The van der Waals surface area contributed by atoms with E-state index in [0.29, 0.717) is 19.3 Å². The van der Waals surface area contributed by atoms with Crippen LogP contribution in [-0.4, -0.2) is 23.1 Å². The van der Waals surface area contributed by atoms with Crippen molar-refractivity contribution in [2.75, 3.05) is 0 Å². The van der Waals surface area contributed by atoms with E-state index in [1.807, 2.05) is 0 Å². The fourth-order valence-corrected chi connectivity index (χ4v) is 1.75. The van der Waals surface area contributed by atoms with Crippen LogP contribution in [0.4, 0.5) is 0 Å². The largest absolute Gasteiger partial charge is 0.481 e. The number of ether oxygens (including phenoxy) is 1. The highest BCUT2D eigenvalue weighted by molar-refractivity contribution is 5.76. The Labute approximate surface area is 83.2 Å². The summed E-state index contributed by atoms with van der Waals surface area (Å²) in [5.41, 5.74) is 0. The van der Waals surface area contributed by atoms with Gasteiger partial charge in [0.1, 0.15) is 0 Å². The van der Waals surface area contributed by atoms with Gasteiger partial charge in [-0.3, -0.25) is 9.59 Å². The zero-order valence-electron chi connectivity index (χ0n) is 8.53. The van der Waals surface area contributed by atoms with Crippen molar-refractivity contribution < 1.29 is 19.4 Å². The second kappa shape index (κ2) is 4.44. The van der Waals surface area contributed by atoms with Gasteiger partial charge in [-0.1, -0.05) is 0 Å². The number of hydrogen-bond acceptors (Lipinski definition) is 3. The lowest BCUT2D eigenvalue weighted by atomic mass is 10.1. The first-order valence-corrected chi connectivity index (χ1v) is 4.94. The minimum atomic E-state index is -0.801. The molecule has 0 amide bonds. The molecule has 1 rings (SSSR count). The molecular formula is C10H16O4. The Morgan fingerprint density at radius 2 is 1.86 bits per heavy atom. The molecule has 0 bridgehead atoms. The number of hydrogen-bond donors (Lipinski definition) is 1. The molecule has 14 heavy (non-hydrogen) atoms. The third-order valence-corrected chi connectivity index (χ3v) is 2.47. The number of aliphatic carboxylic acids is 1. The van der Waals surface area contributed by atoms with Crippen molar-refractivity contribution in [3.8, 4) is 0 Å². The molecule has 0 aliphatic heterocycles. The van der Waals surface area contributed by atoms with Crippen LogP contribution in [0.3, 0.4) is 0 Å². The monoisotopic (exact) mass is 200 g/mol. The Morgan fingerprint density at radius 3 is 2.29 bits per heavy atom. The molecule has 1 fully saturated rings. The molecule has 1 aliphatic carbocycles. The minimum Gasteiger partial charge on any atom is -0.481 e. The van der Waals surface area contributed by atoms with Crippen molar-refractivity contribution in [1.29, 1.82) is 0 Å². The molecule has 80 valence electrons. The van der Waals surface area contributed by atoms with Crippen LogP contribution < -0.4 is 0 Å². The van der Waals surface area contributed by atoms with Crippen molar-refractivity contribution in [3.63, 3.8) is 0 Å². The topological polar surface area (TPSA) is 63.6 Å². The lowest BCUT2D eigenvalue weighted by molar-refractivity contribution is -0.152. The molecule has 2 atom stereocenters. The van der Waals surface area contributed by atoms with Crippen LogP contribution in [0.1, 0.15) is 33.1 Å². The molecule has 0 heterocycles. The molecule has 4 heteroatoms. The maximum atomic E-state index is 11.4. The zero-order chi connectivity index (χ0) is 10.7. The third-order valence-electron chi connectivity index (χ3n) is 2.47. The first-order valence-electron chi connectivity index (χ1n) is 4.94. The standard InChI is InChI=1S/C10H16O4/c1-6(2)14-10(13)8-4-3-7(5-8)9(11)12/h6-8H,3-5H2,1-2H3,(H,11,12). The van der Waals surface area contributed by atoms with E-state index in [1.54, 1.807) is 13.8 Å². The van der Waals surface area contributed by atoms with E-state index in [-0.39, 0.29) is 23.9 Å². The van der Waals surface area contributed by atoms with Gasteiger partial charge in [0.25, 0.3) is 0 Å². The summed E-state index contributed by atoms with van der Waals surface area (Å²) in [7, 11) is 0. The summed E-state index contributed by atoms with van der Waals surface area (Å²) >= 11 is 0. The maximum absolute atomic E-state index is 11.4. The van der Waals surface area contributed by atoms with Crippen LogP contribution in [0, 0.1) is 11.8 Å². The molecule has 0 saturated heterocycles. The van der Waals surface area contributed by atoms with Crippen LogP contribution in [0.2, 0.25) is 0 Å². The van der Waals surface area contributed by atoms with E-state index in [2.05, 4.69) is 0 Å². The van der Waals surface area contributed by atoms with Gasteiger partial charge in [0.15, 0.2) is 0 Å². The summed E-state index contributed by atoms with van der Waals surface area (Å²) in [6.07, 6.45) is 1.54. The fraction of sp³-hybridized carbons (Fsp3) is 0.800. The van der Waals surface area contributed by atoms with Crippen LogP contribution >= 0.6 is 0 Å². The van der Waals surface area contributed by atoms with Gasteiger partial charge in [0.2, 0.25) is 0 Å². The number of esters is 1. The van der Waals surface area contributed by atoms with E-state index in [0.717, 1.165) is 0 Å². The normalized spacial score (nSPS) is 26.5. The Balaban J connectivity index is 2.42. The summed E-state index contributed by atoms with van der Waals surface area (Å²) in [6, 6.07) is 0. The summed E-state index contributed by atoms with van der Waals surface area (Å²) in [4.78, 5) is 22.0. The van der Waals surface area contributed by atoms with Crippen molar-refractivity contribution in [2.45, 2.75) is 39.2 Å². The van der Waals surface area contributed by atoms with Gasteiger partial charge in [-0.05, 0) is 33.1 Å². The highest BCUT2D eigenvalue weighted by Gasteiger charge is 2.34.